The van der Waals surface area contributed by atoms with E-state index in [9.17, 15) is 9.18 Å². The van der Waals surface area contributed by atoms with Crippen LogP contribution in [0, 0.1) is 5.82 Å². The summed E-state index contributed by atoms with van der Waals surface area (Å²) in [7, 11) is 0. The van der Waals surface area contributed by atoms with E-state index in [0.717, 1.165) is 34.0 Å². The molecule has 3 aromatic rings. The summed E-state index contributed by atoms with van der Waals surface area (Å²) in [6.07, 6.45) is 2.41. The summed E-state index contributed by atoms with van der Waals surface area (Å²) >= 11 is 3.23. The van der Waals surface area contributed by atoms with Crippen LogP contribution in [0.3, 0.4) is 0 Å². The second kappa shape index (κ2) is 7.06. The van der Waals surface area contributed by atoms with Crippen LogP contribution in [-0.2, 0) is 17.8 Å². The first-order valence-corrected chi connectivity index (χ1v) is 9.97. The van der Waals surface area contributed by atoms with Gasteiger partial charge in [-0.25, -0.2) is 9.37 Å². The molecule has 0 N–H and O–H groups in total. The summed E-state index contributed by atoms with van der Waals surface area (Å²) in [4.78, 5) is 20.4. The van der Waals surface area contributed by atoms with E-state index in [1.54, 1.807) is 34.8 Å². The highest BCUT2D eigenvalue weighted by atomic mass is 32.1. The van der Waals surface area contributed by atoms with E-state index in [1.165, 1.54) is 12.1 Å². The quantitative estimate of drug-likeness (QED) is 0.626. The smallest absolute Gasteiger partial charge is 0.229 e. The Morgan fingerprint density at radius 2 is 2.00 bits per heavy atom. The van der Waals surface area contributed by atoms with Gasteiger partial charge in [0.2, 0.25) is 5.91 Å². The van der Waals surface area contributed by atoms with E-state index in [0.29, 0.717) is 19.0 Å². The van der Waals surface area contributed by atoms with Crippen molar-refractivity contribution in [3.8, 4) is 9.88 Å². The van der Waals surface area contributed by atoms with Crippen molar-refractivity contribution >= 4 is 28.6 Å². The first-order chi connectivity index (χ1) is 12.2. The van der Waals surface area contributed by atoms with Gasteiger partial charge in [-0.1, -0.05) is 18.2 Å². The van der Waals surface area contributed by atoms with Crippen molar-refractivity contribution in [2.24, 2.45) is 0 Å². The van der Waals surface area contributed by atoms with E-state index < -0.39 is 0 Å². The maximum atomic E-state index is 13.1. The molecule has 6 heteroatoms. The normalized spacial score (nSPS) is 13.8. The summed E-state index contributed by atoms with van der Waals surface area (Å²) < 4.78 is 13.1. The number of rotatable bonds is 6. The number of thiazole rings is 1. The van der Waals surface area contributed by atoms with Crippen LogP contribution >= 0.6 is 22.7 Å². The standard InChI is InChI=1S/C19H17FN2OS2/c20-14-5-3-13(4-6-14)11-22(16-7-8-16)18(23)10-15-12-25-19(21-15)17-2-1-9-24-17/h1-6,9,12,16H,7-8,10-11H2. The lowest BCUT2D eigenvalue weighted by Gasteiger charge is -2.22. The summed E-state index contributed by atoms with van der Waals surface area (Å²) in [5.41, 5.74) is 1.78. The molecule has 1 fully saturated rings. The van der Waals surface area contributed by atoms with Crippen molar-refractivity contribution in [2.75, 3.05) is 0 Å². The molecule has 1 aliphatic rings. The molecule has 0 bridgehead atoms. The third-order valence-corrected chi connectivity index (χ3v) is 6.12. The number of hydrogen-bond donors (Lipinski definition) is 0. The summed E-state index contributed by atoms with van der Waals surface area (Å²) in [6.45, 7) is 0.533. The fraction of sp³-hybridized carbons (Fsp3) is 0.263. The molecule has 1 saturated carbocycles. The van der Waals surface area contributed by atoms with Crippen molar-refractivity contribution < 1.29 is 9.18 Å². The van der Waals surface area contributed by atoms with Crippen LogP contribution in [0.1, 0.15) is 24.1 Å². The van der Waals surface area contributed by atoms with Crippen molar-refractivity contribution in [2.45, 2.75) is 31.8 Å². The zero-order chi connectivity index (χ0) is 17.2. The average molecular weight is 372 g/mol. The molecule has 3 nitrogen and oxygen atoms in total. The minimum Gasteiger partial charge on any atom is -0.335 e. The van der Waals surface area contributed by atoms with Crippen LogP contribution in [0.15, 0.2) is 47.2 Å². The molecule has 1 aliphatic carbocycles. The third kappa shape index (κ3) is 3.96. The lowest BCUT2D eigenvalue weighted by Crippen LogP contribution is -2.33. The van der Waals surface area contributed by atoms with Crippen LogP contribution in [0.5, 0.6) is 0 Å². The molecule has 128 valence electrons. The number of halogens is 1. The van der Waals surface area contributed by atoms with E-state index in [-0.39, 0.29) is 11.7 Å². The van der Waals surface area contributed by atoms with Crippen molar-refractivity contribution in [1.29, 1.82) is 0 Å². The van der Waals surface area contributed by atoms with E-state index in [4.69, 9.17) is 0 Å². The maximum absolute atomic E-state index is 13.1. The molecule has 0 saturated heterocycles. The number of benzene rings is 1. The summed E-state index contributed by atoms with van der Waals surface area (Å²) in [6, 6.07) is 10.7. The van der Waals surface area contributed by atoms with Crippen molar-refractivity contribution in [3.05, 3.63) is 64.2 Å². The molecule has 25 heavy (non-hydrogen) atoms. The molecule has 2 aromatic heterocycles. The first kappa shape index (κ1) is 16.4. The van der Waals surface area contributed by atoms with Gasteiger partial charge in [-0.15, -0.1) is 22.7 Å². The van der Waals surface area contributed by atoms with Gasteiger partial charge in [0.25, 0.3) is 0 Å². The number of carbonyl (C=O) groups is 1. The summed E-state index contributed by atoms with van der Waals surface area (Å²) in [5.74, 6) is -0.161. The Bertz CT molecular complexity index is 854. The fourth-order valence-corrected chi connectivity index (χ4v) is 4.39. The Balaban J connectivity index is 1.45. The summed E-state index contributed by atoms with van der Waals surface area (Å²) in [5, 5.41) is 4.96. The monoisotopic (exact) mass is 372 g/mol. The molecule has 0 aliphatic heterocycles. The fourth-order valence-electron chi connectivity index (χ4n) is 2.75. The molecule has 2 heterocycles. The largest absolute Gasteiger partial charge is 0.335 e. The van der Waals surface area contributed by atoms with Crippen LogP contribution < -0.4 is 0 Å². The highest BCUT2D eigenvalue weighted by Crippen LogP contribution is 2.31. The maximum Gasteiger partial charge on any atom is 0.229 e. The SMILES string of the molecule is O=C(Cc1csc(-c2cccs2)n1)N(Cc1ccc(F)cc1)C1CC1. The Morgan fingerprint density at radius 1 is 1.20 bits per heavy atom. The molecule has 0 spiro atoms. The molecular weight excluding hydrogens is 355 g/mol. The van der Waals surface area contributed by atoms with E-state index in [2.05, 4.69) is 4.98 Å². The predicted molar refractivity (Wildman–Crippen MR) is 99.1 cm³/mol. The van der Waals surface area contributed by atoms with E-state index >= 15 is 0 Å². The lowest BCUT2D eigenvalue weighted by atomic mass is 10.2. The predicted octanol–water partition coefficient (Wildman–Crippen LogP) is 4.74. The Hall–Kier alpha value is -2.05. The Labute approximate surface area is 153 Å². The number of thiophene rings is 1. The van der Waals surface area contributed by atoms with Gasteiger partial charge in [0.05, 0.1) is 17.0 Å². The van der Waals surface area contributed by atoms with Gasteiger partial charge in [0, 0.05) is 18.0 Å². The van der Waals surface area contributed by atoms with Gasteiger partial charge >= 0.3 is 0 Å². The molecular formula is C19H17FN2OS2. The van der Waals surface area contributed by atoms with Crippen LogP contribution in [0.25, 0.3) is 9.88 Å². The average Bonchev–Trinajstić information content (AvgIpc) is 3.09. The van der Waals surface area contributed by atoms with Crippen molar-refractivity contribution in [1.82, 2.24) is 9.88 Å². The lowest BCUT2D eigenvalue weighted by molar-refractivity contribution is -0.131. The molecule has 0 radical (unpaired) electrons. The van der Waals surface area contributed by atoms with Gasteiger partial charge < -0.3 is 4.90 Å². The van der Waals surface area contributed by atoms with Crippen LogP contribution in [-0.4, -0.2) is 21.8 Å². The number of hydrogen-bond acceptors (Lipinski definition) is 4. The minimum absolute atomic E-state index is 0.0925. The minimum atomic E-state index is -0.253. The number of aromatic nitrogens is 1. The van der Waals surface area contributed by atoms with Gasteiger partial charge in [-0.3, -0.25) is 4.79 Å². The number of nitrogens with zero attached hydrogens (tertiary/aromatic N) is 2. The van der Waals surface area contributed by atoms with Crippen molar-refractivity contribution in [3.63, 3.8) is 0 Å². The van der Waals surface area contributed by atoms with Gasteiger partial charge in [-0.2, -0.15) is 0 Å². The Morgan fingerprint density at radius 3 is 2.68 bits per heavy atom. The molecule has 1 amide bonds. The topological polar surface area (TPSA) is 33.2 Å². The second-order valence-corrected chi connectivity index (χ2v) is 7.98. The van der Waals surface area contributed by atoms with Gasteiger partial charge in [-0.05, 0) is 42.0 Å². The number of carbonyl (C=O) groups excluding carboxylic acids is 1. The third-order valence-electron chi connectivity index (χ3n) is 4.19. The molecule has 0 atom stereocenters. The second-order valence-electron chi connectivity index (χ2n) is 6.18. The zero-order valence-electron chi connectivity index (χ0n) is 13.5. The number of amides is 1. The van der Waals surface area contributed by atoms with Crippen LogP contribution in [0.4, 0.5) is 4.39 Å². The molecule has 0 unspecified atom stereocenters. The van der Waals surface area contributed by atoms with Gasteiger partial charge in [0.1, 0.15) is 10.8 Å². The highest BCUT2D eigenvalue weighted by molar-refractivity contribution is 7.20. The zero-order valence-corrected chi connectivity index (χ0v) is 15.2. The molecule has 1 aromatic carbocycles. The van der Waals surface area contributed by atoms with E-state index in [1.807, 2.05) is 27.8 Å². The highest BCUT2D eigenvalue weighted by Gasteiger charge is 2.32. The Kier molecular flexibility index (Phi) is 4.63. The van der Waals surface area contributed by atoms with Crippen LogP contribution in [0.2, 0.25) is 0 Å². The van der Waals surface area contributed by atoms with Gasteiger partial charge in [0.15, 0.2) is 0 Å². The first-order valence-electron chi connectivity index (χ1n) is 8.21. The molecule has 4 rings (SSSR count).